The van der Waals surface area contributed by atoms with E-state index in [1.54, 1.807) is 18.2 Å². The van der Waals surface area contributed by atoms with E-state index in [1.807, 2.05) is 73.9 Å². The molecule has 4 aromatic rings. The van der Waals surface area contributed by atoms with E-state index in [9.17, 15) is 9.90 Å². The van der Waals surface area contributed by atoms with Crippen molar-refractivity contribution in [2.75, 3.05) is 11.1 Å². The van der Waals surface area contributed by atoms with Gasteiger partial charge in [-0.1, -0.05) is 59.8 Å². The fraction of sp³-hybridized carbons (Fsp3) is 0.160. The molecule has 0 aliphatic carbocycles. The molecule has 0 unspecified atom stereocenters. The molecule has 0 bridgehead atoms. The third-order valence-electron chi connectivity index (χ3n) is 5.15. The minimum absolute atomic E-state index is 0.116. The fourth-order valence-electron chi connectivity index (χ4n) is 3.44. The molecule has 0 saturated heterocycles. The maximum atomic E-state index is 12.7. The molecule has 3 aromatic carbocycles. The molecule has 1 amide bonds. The largest absolute Gasteiger partial charge is 0.507 e. The van der Waals surface area contributed by atoms with Gasteiger partial charge in [0.15, 0.2) is 11.0 Å². The van der Waals surface area contributed by atoms with Crippen molar-refractivity contribution in [1.82, 2.24) is 14.8 Å². The first kappa shape index (κ1) is 21.6. The maximum absolute atomic E-state index is 12.7. The number of nitrogens with one attached hydrogen (secondary N) is 1. The average molecular weight is 445 g/mol. The minimum Gasteiger partial charge on any atom is -0.507 e. The second-order valence-corrected chi connectivity index (χ2v) is 8.54. The smallest absolute Gasteiger partial charge is 0.234 e. The first-order valence-electron chi connectivity index (χ1n) is 10.2. The average Bonchev–Trinajstić information content (AvgIpc) is 3.19. The van der Waals surface area contributed by atoms with Gasteiger partial charge in [0.05, 0.1) is 11.3 Å². The predicted molar refractivity (Wildman–Crippen MR) is 128 cm³/mol. The van der Waals surface area contributed by atoms with Crippen molar-refractivity contribution in [2.24, 2.45) is 0 Å². The molecule has 32 heavy (non-hydrogen) atoms. The zero-order chi connectivity index (χ0) is 22.7. The van der Waals surface area contributed by atoms with Crippen LogP contribution in [0.1, 0.15) is 16.7 Å². The maximum Gasteiger partial charge on any atom is 0.234 e. The van der Waals surface area contributed by atoms with Crippen molar-refractivity contribution < 1.29 is 9.90 Å². The van der Waals surface area contributed by atoms with E-state index in [4.69, 9.17) is 0 Å². The lowest BCUT2D eigenvalue weighted by Crippen LogP contribution is -2.16. The van der Waals surface area contributed by atoms with Crippen LogP contribution < -0.4 is 5.32 Å². The zero-order valence-electron chi connectivity index (χ0n) is 18.2. The third kappa shape index (κ3) is 4.53. The van der Waals surface area contributed by atoms with Gasteiger partial charge in [-0.15, -0.1) is 10.2 Å². The van der Waals surface area contributed by atoms with Crippen LogP contribution in [-0.4, -0.2) is 31.5 Å². The molecule has 0 fully saturated rings. The molecule has 0 atom stereocenters. The van der Waals surface area contributed by atoms with Crippen molar-refractivity contribution in [1.29, 1.82) is 0 Å². The van der Waals surface area contributed by atoms with Gasteiger partial charge in [0.2, 0.25) is 5.91 Å². The van der Waals surface area contributed by atoms with E-state index in [1.165, 1.54) is 11.8 Å². The molecule has 1 heterocycles. The predicted octanol–water partition coefficient (Wildman–Crippen LogP) is 5.30. The van der Waals surface area contributed by atoms with Gasteiger partial charge in [0, 0.05) is 11.4 Å². The topological polar surface area (TPSA) is 80.0 Å². The van der Waals surface area contributed by atoms with Crippen molar-refractivity contribution in [3.05, 3.63) is 83.4 Å². The minimum atomic E-state index is -0.116. The first-order chi connectivity index (χ1) is 15.4. The van der Waals surface area contributed by atoms with Crippen LogP contribution in [0.25, 0.3) is 17.1 Å². The first-order valence-corrected chi connectivity index (χ1v) is 11.2. The van der Waals surface area contributed by atoms with Gasteiger partial charge >= 0.3 is 0 Å². The summed E-state index contributed by atoms with van der Waals surface area (Å²) < 4.78 is 1.87. The number of aromatic nitrogens is 3. The lowest BCUT2D eigenvalue weighted by molar-refractivity contribution is -0.113. The monoisotopic (exact) mass is 444 g/mol. The number of carbonyl (C=O) groups is 1. The van der Waals surface area contributed by atoms with Gasteiger partial charge in [0.25, 0.3) is 0 Å². The van der Waals surface area contributed by atoms with Gasteiger partial charge in [-0.25, -0.2) is 0 Å². The summed E-state index contributed by atoms with van der Waals surface area (Å²) in [4.78, 5) is 12.7. The Labute approximate surface area is 191 Å². The SMILES string of the molecule is Cc1ccc(-n2c(SCC(=O)Nc3c(C)cccc3C)nnc2-c2ccccc2O)cc1. The molecule has 2 N–H and O–H groups in total. The molecular weight excluding hydrogens is 420 g/mol. The summed E-state index contributed by atoms with van der Waals surface area (Å²) in [5.41, 5.74) is 5.45. The number of phenols is 1. The Morgan fingerprint density at radius 2 is 1.62 bits per heavy atom. The van der Waals surface area contributed by atoms with Crippen LogP contribution in [0.3, 0.4) is 0 Å². The third-order valence-corrected chi connectivity index (χ3v) is 6.08. The van der Waals surface area contributed by atoms with Gasteiger partial charge in [-0.05, 0) is 56.2 Å². The summed E-state index contributed by atoms with van der Waals surface area (Å²) in [6, 6.07) is 20.9. The number of para-hydroxylation sites is 2. The number of thioether (sulfide) groups is 1. The number of amides is 1. The Bertz CT molecular complexity index is 1250. The number of phenolic OH excluding ortho intramolecular Hbond substituents is 1. The molecule has 0 aliphatic heterocycles. The number of carbonyl (C=O) groups excluding carboxylic acids is 1. The molecule has 162 valence electrons. The standard InChI is InChI=1S/C25H24N4O2S/c1-16-11-13-19(14-12-16)29-24(20-9-4-5-10-21(20)30)27-28-25(29)32-15-22(31)26-23-17(2)7-6-8-18(23)3/h4-14,30H,15H2,1-3H3,(H,26,31). The van der Waals surface area contributed by atoms with E-state index in [2.05, 4.69) is 15.5 Å². The van der Waals surface area contributed by atoms with Gasteiger partial charge < -0.3 is 10.4 Å². The number of hydrogen-bond acceptors (Lipinski definition) is 5. The Morgan fingerprint density at radius 1 is 0.938 bits per heavy atom. The summed E-state index contributed by atoms with van der Waals surface area (Å²) in [6.45, 7) is 5.97. The van der Waals surface area contributed by atoms with Crippen molar-refractivity contribution in [2.45, 2.75) is 25.9 Å². The number of nitrogens with zero attached hydrogens (tertiary/aromatic N) is 3. The summed E-state index contributed by atoms with van der Waals surface area (Å²) in [5.74, 6) is 0.704. The van der Waals surface area contributed by atoms with Crippen LogP contribution in [0.4, 0.5) is 5.69 Å². The summed E-state index contributed by atoms with van der Waals surface area (Å²) in [5, 5.41) is 22.6. The van der Waals surface area contributed by atoms with Crippen LogP contribution >= 0.6 is 11.8 Å². The lowest BCUT2D eigenvalue weighted by atomic mass is 10.1. The molecule has 7 heteroatoms. The number of benzene rings is 3. The number of rotatable bonds is 6. The van der Waals surface area contributed by atoms with Crippen LogP contribution in [0.2, 0.25) is 0 Å². The highest BCUT2D eigenvalue weighted by molar-refractivity contribution is 7.99. The number of hydrogen-bond donors (Lipinski definition) is 2. The highest BCUT2D eigenvalue weighted by Crippen LogP contribution is 2.32. The molecule has 6 nitrogen and oxygen atoms in total. The van der Waals surface area contributed by atoms with E-state index in [0.29, 0.717) is 16.5 Å². The highest BCUT2D eigenvalue weighted by Gasteiger charge is 2.19. The van der Waals surface area contributed by atoms with Crippen LogP contribution in [0.5, 0.6) is 5.75 Å². The number of aryl methyl sites for hydroxylation is 3. The van der Waals surface area contributed by atoms with Gasteiger partial charge in [0.1, 0.15) is 5.75 Å². The lowest BCUT2D eigenvalue weighted by Gasteiger charge is -2.13. The van der Waals surface area contributed by atoms with Gasteiger partial charge in [-0.3, -0.25) is 9.36 Å². The van der Waals surface area contributed by atoms with Crippen LogP contribution in [-0.2, 0) is 4.79 Å². The zero-order valence-corrected chi connectivity index (χ0v) is 19.0. The van der Waals surface area contributed by atoms with Crippen molar-refractivity contribution in [3.8, 4) is 22.8 Å². The molecule has 1 aromatic heterocycles. The normalized spacial score (nSPS) is 10.8. The summed E-state index contributed by atoms with van der Waals surface area (Å²) in [7, 11) is 0. The van der Waals surface area contributed by atoms with Crippen molar-refractivity contribution >= 4 is 23.4 Å². The Morgan fingerprint density at radius 3 is 2.31 bits per heavy atom. The number of aromatic hydroxyl groups is 1. The second kappa shape index (κ2) is 9.28. The Kier molecular flexibility index (Phi) is 6.28. The van der Waals surface area contributed by atoms with E-state index >= 15 is 0 Å². The van der Waals surface area contributed by atoms with E-state index < -0.39 is 0 Å². The van der Waals surface area contributed by atoms with E-state index in [-0.39, 0.29) is 17.4 Å². The molecule has 0 saturated carbocycles. The second-order valence-electron chi connectivity index (χ2n) is 7.60. The molecule has 4 rings (SSSR count). The quantitative estimate of drug-likeness (QED) is 0.395. The van der Waals surface area contributed by atoms with Gasteiger partial charge in [-0.2, -0.15) is 0 Å². The highest BCUT2D eigenvalue weighted by atomic mass is 32.2. The molecule has 0 aliphatic rings. The van der Waals surface area contributed by atoms with Crippen molar-refractivity contribution in [3.63, 3.8) is 0 Å². The fourth-order valence-corrected chi connectivity index (χ4v) is 4.20. The van der Waals surface area contributed by atoms with Crippen LogP contribution in [0, 0.1) is 20.8 Å². The molecular formula is C25H24N4O2S. The Hall–Kier alpha value is -3.58. The van der Waals surface area contributed by atoms with Crippen LogP contribution in [0.15, 0.2) is 71.9 Å². The van der Waals surface area contributed by atoms with E-state index in [0.717, 1.165) is 28.1 Å². The molecule has 0 radical (unpaired) electrons. The number of anilines is 1. The summed E-state index contributed by atoms with van der Waals surface area (Å²) in [6.07, 6.45) is 0. The summed E-state index contributed by atoms with van der Waals surface area (Å²) >= 11 is 1.30. The molecule has 0 spiro atoms. The Balaban J connectivity index is 1.63.